The van der Waals surface area contributed by atoms with Crippen LogP contribution in [0.25, 0.3) is 0 Å². The number of carbonyl (C=O) groups is 1. The number of carbonyl (C=O) groups excluding carboxylic acids is 1. The number of hydrogen-bond acceptors (Lipinski definition) is 3. The van der Waals surface area contributed by atoms with Gasteiger partial charge in [0.05, 0.1) is 17.7 Å². The first-order chi connectivity index (χ1) is 10.1. The zero-order valence-corrected chi connectivity index (χ0v) is 12.8. The van der Waals surface area contributed by atoms with Crippen molar-refractivity contribution in [2.45, 2.75) is 13.3 Å². The molecule has 4 nitrogen and oxygen atoms in total. The summed E-state index contributed by atoms with van der Waals surface area (Å²) >= 11 is 6.04. The summed E-state index contributed by atoms with van der Waals surface area (Å²) in [6.45, 7) is 2.37. The van der Waals surface area contributed by atoms with E-state index in [2.05, 4.69) is 10.3 Å². The van der Waals surface area contributed by atoms with Crippen molar-refractivity contribution in [1.82, 2.24) is 10.3 Å². The van der Waals surface area contributed by atoms with Crippen molar-refractivity contribution in [3.63, 3.8) is 0 Å². The van der Waals surface area contributed by atoms with Crippen molar-refractivity contribution >= 4 is 17.5 Å². The predicted octanol–water partition coefficient (Wildman–Crippen LogP) is 3.02. The average molecular weight is 305 g/mol. The molecule has 2 rings (SSSR count). The lowest BCUT2D eigenvalue weighted by molar-refractivity contribution is 0.0954. The van der Waals surface area contributed by atoms with Crippen LogP contribution in [0.2, 0.25) is 5.02 Å². The Morgan fingerprint density at radius 2 is 2.05 bits per heavy atom. The minimum atomic E-state index is -0.207. The first-order valence-electron chi connectivity index (χ1n) is 6.63. The second kappa shape index (κ2) is 7.09. The zero-order valence-electron chi connectivity index (χ0n) is 12.0. The number of rotatable bonds is 5. The summed E-state index contributed by atoms with van der Waals surface area (Å²) in [6, 6.07) is 9.44. The number of methoxy groups -OCH3 is 1. The van der Waals surface area contributed by atoms with Crippen LogP contribution in [0, 0.1) is 6.92 Å². The highest BCUT2D eigenvalue weighted by Gasteiger charge is 2.10. The van der Waals surface area contributed by atoms with Crippen LogP contribution in [0.3, 0.4) is 0 Å². The molecule has 0 aliphatic carbocycles. The highest BCUT2D eigenvalue weighted by molar-refractivity contribution is 6.33. The van der Waals surface area contributed by atoms with Gasteiger partial charge in [0.2, 0.25) is 0 Å². The largest absolute Gasteiger partial charge is 0.497 e. The number of amides is 1. The third kappa shape index (κ3) is 4.20. The van der Waals surface area contributed by atoms with Crippen LogP contribution < -0.4 is 10.1 Å². The minimum absolute atomic E-state index is 0.207. The van der Waals surface area contributed by atoms with Crippen molar-refractivity contribution in [1.29, 1.82) is 0 Å². The van der Waals surface area contributed by atoms with E-state index in [-0.39, 0.29) is 5.91 Å². The number of pyridine rings is 1. The minimum Gasteiger partial charge on any atom is -0.497 e. The van der Waals surface area contributed by atoms with E-state index in [1.54, 1.807) is 13.2 Å². The van der Waals surface area contributed by atoms with Gasteiger partial charge in [0.25, 0.3) is 5.91 Å². The lowest BCUT2D eigenvalue weighted by Crippen LogP contribution is -2.26. The number of hydrogen-bond donors (Lipinski definition) is 1. The van der Waals surface area contributed by atoms with Crippen LogP contribution in [-0.4, -0.2) is 24.5 Å². The molecule has 0 bridgehead atoms. The van der Waals surface area contributed by atoms with Crippen molar-refractivity contribution in [3.05, 3.63) is 58.4 Å². The van der Waals surface area contributed by atoms with Gasteiger partial charge in [0.1, 0.15) is 5.75 Å². The first-order valence-corrected chi connectivity index (χ1v) is 7.01. The molecule has 0 aliphatic rings. The fourth-order valence-electron chi connectivity index (χ4n) is 1.90. The molecule has 1 aromatic heterocycles. The maximum Gasteiger partial charge on any atom is 0.254 e. The molecule has 0 unspecified atom stereocenters. The van der Waals surface area contributed by atoms with Crippen molar-refractivity contribution in [3.8, 4) is 5.75 Å². The van der Waals surface area contributed by atoms with Crippen LogP contribution >= 0.6 is 11.6 Å². The molecule has 21 heavy (non-hydrogen) atoms. The fraction of sp³-hybridized carbons (Fsp3) is 0.250. The highest BCUT2D eigenvalue weighted by Crippen LogP contribution is 2.15. The second-order valence-electron chi connectivity index (χ2n) is 4.66. The standard InChI is InChI=1S/C16H17ClN2O2/c1-11-9-15(17)14(10-19-11)16(20)18-8-7-12-3-5-13(21-2)6-4-12/h3-6,9-10H,7-8H2,1-2H3,(H,18,20). The summed E-state index contributed by atoms with van der Waals surface area (Å²) < 4.78 is 5.10. The molecule has 0 aliphatic heterocycles. The van der Waals surface area contributed by atoms with Crippen LogP contribution in [0.4, 0.5) is 0 Å². The second-order valence-corrected chi connectivity index (χ2v) is 5.07. The van der Waals surface area contributed by atoms with Gasteiger partial charge in [-0.05, 0) is 37.1 Å². The van der Waals surface area contributed by atoms with Gasteiger partial charge in [-0.3, -0.25) is 9.78 Å². The Hall–Kier alpha value is -2.07. The summed E-state index contributed by atoms with van der Waals surface area (Å²) in [6.07, 6.45) is 2.24. The molecule has 110 valence electrons. The van der Waals surface area contributed by atoms with Gasteiger partial charge in [0.15, 0.2) is 0 Å². The molecule has 0 atom stereocenters. The number of ether oxygens (including phenoxy) is 1. The SMILES string of the molecule is COc1ccc(CCNC(=O)c2cnc(C)cc2Cl)cc1. The van der Waals surface area contributed by atoms with Gasteiger partial charge in [0, 0.05) is 18.4 Å². The van der Waals surface area contributed by atoms with E-state index in [9.17, 15) is 4.79 Å². The van der Waals surface area contributed by atoms with Gasteiger partial charge >= 0.3 is 0 Å². The molecule has 0 fully saturated rings. The molecule has 5 heteroatoms. The number of aryl methyl sites for hydroxylation is 1. The third-order valence-electron chi connectivity index (χ3n) is 3.09. The summed E-state index contributed by atoms with van der Waals surface area (Å²) in [7, 11) is 1.63. The lowest BCUT2D eigenvalue weighted by atomic mass is 10.1. The van der Waals surface area contributed by atoms with Gasteiger partial charge in [-0.2, -0.15) is 0 Å². The molecule has 1 amide bonds. The van der Waals surface area contributed by atoms with Crippen LogP contribution in [-0.2, 0) is 6.42 Å². The lowest BCUT2D eigenvalue weighted by Gasteiger charge is -2.07. The van der Waals surface area contributed by atoms with Crippen LogP contribution in [0.1, 0.15) is 21.6 Å². The summed E-state index contributed by atoms with van der Waals surface area (Å²) in [4.78, 5) is 16.1. The third-order valence-corrected chi connectivity index (χ3v) is 3.41. The molecule has 0 spiro atoms. The van der Waals surface area contributed by atoms with E-state index in [1.807, 2.05) is 31.2 Å². The van der Waals surface area contributed by atoms with E-state index in [1.165, 1.54) is 6.20 Å². The summed E-state index contributed by atoms with van der Waals surface area (Å²) in [5.41, 5.74) is 2.32. The average Bonchev–Trinajstić information content (AvgIpc) is 2.47. The number of aromatic nitrogens is 1. The Kier molecular flexibility index (Phi) is 5.17. The molecule has 1 heterocycles. The molecule has 1 aromatic carbocycles. The maximum atomic E-state index is 12.0. The summed E-state index contributed by atoms with van der Waals surface area (Å²) in [5, 5.41) is 3.26. The Morgan fingerprint density at radius 3 is 2.67 bits per heavy atom. The Labute approximate surface area is 129 Å². The number of benzene rings is 1. The van der Waals surface area contributed by atoms with Gasteiger partial charge in [-0.25, -0.2) is 0 Å². The van der Waals surface area contributed by atoms with Crippen molar-refractivity contribution in [2.75, 3.05) is 13.7 Å². The predicted molar refractivity (Wildman–Crippen MR) is 83.0 cm³/mol. The van der Waals surface area contributed by atoms with Gasteiger partial charge < -0.3 is 10.1 Å². The smallest absolute Gasteiger partial charge is 0.254 e. The van der Waals surface area contributed by atoms with Gasteiger partial charge in [-0.15, -0.1) is 0 Å². The van der Waals surface area contributed by atoms with Crippen molar-refractivity contribution in [2.24, 2.45) is 0 Å². The summed E-state index contributed by atoms with van der Waals surface area (Å²) in [5.74, 6) is 0.612. The monoisotopic (exact) mass is 304 g/mol. The molecule has 2 aromatic rings. The Bertz CT molecular complexity index is 627. The zero-order chi connectivity index (χ0) is 15.2. The number of nitrogens with one attached hydrogen (secondary N) is 1. The molecular weight excluding hydrogens is 288 g/mol. The van der Waals surface area contributed by atoms with E-state index in [0.29, 0.717) is 17.1 Å². The highest BCUT2D eigenvalue weighted by atomic mass is 35.5. The number of nitrogens with zero attached hydrogens (tertiary/aromatic N) is 1. The molecule has 0 saturated heterocycles. The van der Waals surface area contributed by atoms with Gasteiger partial charge in [-0.1, -0.05) is 23.7 Å². The van der Waals surface area contributed by atoms with E-state index in [4.69, 9.17) is 16.3 Å². The van der Waals surface area contributed by atoms with E-state index < -0.39 is 0 Å². The van der Waals surface area contributed by atoms with Crippen LogP contribution in [0.5, 0.6) is 5.75 Å². The van der Waals surface area contributed by atoms with Crippen molar-refractivity contribution < 1.29 is 9.53 Å². The topological polar surface area (TPSA) is 51.2 Å². The van der Waals surface area contributed by atoms with E-state index in [0.717, 1.165) is 23.4 Å². The maximum absolute atomic E-state index is 12.0. The Balaban J connectivity index is 1.88. The Morgan fingerprint density at radius 1 is 1.33 bits per heavy atom. The fourth-order valence-corrected chi connectivity index (χ4v) is 2.19. The normalized spacial score (nSPS) is 10.2. The molecule has 1 N–H and O–H groups in total. The quantitative estimate of drug-likeness (QED) is 0.924. The first kappa shape index (κ1) is 15.3. The molecular formula is C16H17ClN2O2. The van der Waals surface area contributed by atoms with Crippen LogP contribution in [0.15, 0.2) is 36.5 Å². The molecule has 0 radical (unpaired) electrons. The van der Waals surface area contributed by atoms with E-state index >= 15 is 0 Å². The number of halogens is 1. The molecule has 0 saturated carbocycles.